The van der Waals surface area contributed by atoms with E-state index in [1.54, 1.807) is 0 Å². The second kappa shape index (κ2) is 6.02. The molecule has 1 saturated heterocycles. The van der Waals surface area contributed by atoms with Crippen molar-refractivity contribution in [3.8, 4) is 0 Å². The third-order valence-electron chi connectivity index (χ3n) is 4.37. The van der Waals surface area contributed by atoms with Crippen LogP contribution in [0.4, 0.5) is 0 Å². The van der Waals surface area contributed by atoms with Gasteiger partial charge in [0, 0.05) is 17.6 Å². The van der Waals surface area contributed by atoms with Crippen LogP contribution in [0.5, 0.6) is 0 Å². The first kappa shape index (κ1) is 14.0. The number of nitrogens with zero attached hydrogens (tertiary/aromatic N) is 1. The molecular weight excluding hydrogens is 196 g/mol. The highest BCUT2D eigenvalue weighted by Gasteiger charge is 2.26. The van der Waals surface area contributed by atoms with Gasteiger partial charge in [-0.3, -0.25) is 0 Å². The Labute approximate surface area is 102 Å². The Hall–Kier alpha value is -0.0800. The summed E-state index contributed by atoms with van der Waals surface area (Å²) in [5.41, 5.74) is 0.352. The zero-order chi connectivity index (χ0) is 12.2. The van der Waals surface area contributed by atoms with Gasteiger partial charge in [-0.05, 0) is 59.5 Å². The van der Waals surface area contributed by atoms with Gasteiger partial charge in [-0.2, -0.15) is 0 Å². The second-order valence-electron chi connectivity index (χ2n) is 5.82. The summed E-state index contributed by atoms with van der Waals surface area (Å²) in [6.45, 7) is 14.1. The smallest absolute Gasteiger partial charge is 0.0150 e. The normalized spacial score (nSPS) is 20.6. The van der Waals surface area contributed by atoms with Crippen LogP contribution < -0.4 is 5.32 Å². The third kappa shape index (κ3) is 3.74. The molecule has 16 heavy (non-hydrogen) atoms. The van der Waals surface area contributed by atoms with Gasteiger partial charge in [0.2, 0.25) is 0 Å². The Morgan fingerprint density at radius 2 is 1.69 bits per heavy atom. The SMILES string of the molecule is CCC(C)(CC)NC1CCN(C(C)C)CC1. The van der Waals surface area contributed by atoms with Gasteiger partial charge in [-0.15, -0.1) is 0 Å². The minimum Gasteiger partial charge on any atom is -0.309 e. The van der Waals surface area contributed by atoms with Crippen LogP contribution in [0.1, 0.15) is 60.3 Å². The van der Waals surface area contributed by atoms with Crippen molar-refractivity contribution in [3.05, 3.63) is 0 Å². The van der Waals surface area contributed by atoms with E-state index in [0.29, 0.717) is 11.6 Å². The molecule has 0 amide bonds. The highest BCUT2D eigenvalue weighted by Crippen LogP contribution is 2.20. The van der Waals surface area contributed by atoms with Gasteiger partial charge in [0.05, 0.1) is 0 Å². The maximum atomic E-state index is 3.86. The number of hydrogen-bond donors (Lipinski definition) is 1. The van der Waals surface area contributed by atoms with E-state index in [0.717, 1.165) is 6.04 Å². The zero-order valence-corrected chi connectivity index (χ0v) is 11.8. The van der Waals surface area contributed by atoms with E-state index in [9.17, 15) is 0 Å². The van der Waals surface area contributed by atoms with Crippen molar-refractivity contribution in [2.45, 2.75) is 77.9 Å². The first-order valence-corrected chi connectivity index (χ1v) is 7.02. The summed E-state index contributed by atoms with van der Waals surface area (Å²) >= 11 is 0. The molecule has 0 atom stereocenters. The number of piperidine rings is 1. The molecule has 96 valence electrons. The van der Waals surface area contributed by atoms with E-state index in [2.05, 4.69) is 44.8 Å². The van der Waals surface area contributed by atoms with E-state index in [1.807, 2.05) is 0 Å². The average molecular weight is 226 g/mol. The van der Waals surface area contributed by atoms with Crippen molar-refractivity contribution in [3.63, 3.8) is 0 Å². The van der Waals surface area contributed by atoms with E-state index >= 15 is 0 Å². The highest BCUT2D eigenvalue weighted by atomic mass is 15.2. The molecule has 0 aromatic rings. The molecule has 0 radical (unpaired) electrons. The summed E-state index contributed by atoms with van der Waals surface area (Å²) in [7, 11) is 0. The summed E-state index contributed by atoms with van der Waals surface area (Å²) < 4.78 is 0. The second-order valence-corrected chi connectivity index (χ2v) is 5.82. The number of likely N-dealkylation sites (tertiary alicyclic amines) is 1. The van der Waals surface area contributed by atoms with Gasteiger partial charge in [0.1, 0.15) is 0 Å². The molecule has 1 N–H and O–H groups in total. The van der Waals surface area contributed by atoms with Crippen LogP contribution in [0.25, 0.3) is 0 Å². The van der Waals surface area contributed by atoms with Gasteiger partial charge in [0.25, 0.3) is 0 Å². The predicted octanol–water partition coefficient (Wildman–Crippen LogP) is 3.03. The van der Waals surface area contributed by atoms with Crippen LogP contribution in [-0.2, 0) is 0 Å². The Morgan fingerprint density at radius 1 is 1.19 bits per heavy atom. The standard InChI is InChI=1S/C14H30N2/c1-6-14(5,7-2)15-13-8-10-16(11-9-13)12(3)4/h12-13,15H,6-11H2,1-5H3. The monoisotopic (exact) mass is 226 g/mol. The molecule has 0 aromatic carbocycles. The van der Waals surface area contributed by atoms with Gasteiger partial charge < -0.3 is 10.2 Å². The molecule has 1 aliphatic heterocycles. The van der Waals surface area contributed by atoms with Gasteiger partial charge in [-0.25, -0.2) is 0 Å². The van der Waals surface area contributed by atoms with Crippen molar-refractivity contribution in [2.75, 3.05) is 13.1 Å². The fraction of sp³-hybridized carbons (Fsp3) is 1.00. The predicted molar refractivity (Wildman–Crippen MR) is 71.9 cm³/mol. The lowest BCUT2D eigenvalue weighted by molar-refractivity contribution is 0.142. The van der Waals surface area contributed by atoms with Crippen LogP contribution in [0.15, 0.2) is 0 Å². The molecule has 0 aromatic heterocycles. The van der Waals surface area contributed by atoms with Crippen molar-refractivity contribution in [1.29, 1.82) is 0 Å². The largest absolute Gasteiger partial charge is 0.309 e. The molecule has 0 saturated carbocycles. The summed E-state index contributed by atoms with van der Waals surface area (Å²) in [5, 5.41) is 3.86. The molecule has 0 aliphatic carbocycles. The van der Waals surface area contributed by atoms with Crippen LogP contribution in [0, 0.1) is 0 Å². The zero-order valence-electron chi connectivity index (χ0n) is 11.8. The van der Waals surface area contributed by atoms with Crippen molar-refractivity contribution in [2.24, 2.45) is 0 Å². The lowest BCUT2D eigenvalue weighted by Gasteiger charge is -2.40. The first-order chi connectivity index (χ1) is 7.50. The summed E-state index contributed by atoms with van der Waals surface area (Å²) in [4.78, 5) is 2.59. The van der Waals surface area contributed by atoms with Crippen LogP contribution in [0.3, 0.4) is 0 Å². The van der Waals surface area contributed by atoms with Crippen molar-refractivity contribution in [1.82, 2.24) is 10.2 Å². The first-order valence-electron chi connectivity index (χ1n) is 7.02. The number of nitrogens with one attached hydrogen (secondary N) is 1. The number of rotatable bonds is 5. The Kier molecular flexibility index (Phi) is 5.26. The van der Waals surface area contributed by atoms with Crippen molar-refractivity contribution >= 4 is 0 Å². The minimum absolute atomic E-state index is 0.352. The third-order valence-corrected chi connectivity index (χ3v) is 4.37. The molecule has 0 bridgehead atoms. The fourth-order valence-electron chi connectivity index (χ4n) is 2.51. The van der Waals surface area contributed by atoms with E-state index in [1.165, 1.54) is 38.8 Å². The summed E-state index contributed by atoms with van der Waals surface area (Å²) in [6, 6.07) is 1.45. The Morgan fingerprint density at radius 3 is 2.06 bits per heavy atom. The average Bonchev–Trinajstić information content (AvgIpc) is 2.29. The van der Waals surface area contributed by atoms with Gasteiger partial charge in [-0.1, -0.05) is 13.8 Å². The maximum absolute atomic E-state index is 3.86. The van der Waals surface area contributed by atoms with Crippen molar-refractivity contribution < 1.29 is 0 Å². The fourth-order valence-corrected chi connectivity index (χ4v) is 2.51. The van der Waals surface area contributed by atoms with Crippen LogP contribution >= 0.6 is 0 Å². The van der Waals surface area contributed by atoms with Crippen LogP contribution in [-0.4, -0.2) is 35.6 Å². The quantitative estimate of drug-likeness (QED) is 0.775. The highest BCUT2D eigenvalue weighted by molar-refractivity contribution is 4.87. The molecule has 1 fully saturated rings. The van der Waals surface area contributed by atoms with E-state index < -0.39 is 0 Å². The Bertz CT molecular complexity index is 189. The molecular formula is C14H30N2. The summed E-state index contributed by atoms with van der Waals surface area (Å²) in [5.74, 6) is 0. The minimum atomic E-state index is 0.352. The van der Waals surface area contributed by atoms with E-state index in [-0.39, 0.29) is 0 Å². The maximum Gasteiger partial charge on any atom is 0.0150 e. The summed E-state index contributed by atoms with van der Waals surface area (Å²) in [6.07, 6.45) is 5.09. The lowest BCUT2D eigenvalue weighted by atomic mass is 9.92. The lowest BCUT2D eigenvalue weighted by Crippen LogP contribution is -2.52. The molecule has 0 spiro atoms. The van der Waals surface area contributed by atoms with E-state index in [4.69, 9.17) is 0 Å². The molecule has 1 aliphatic rings. The molecule has 2 heteroatoms. The molecule has 0 unspecified atom stereocenters. The van der Waals surface area contributed by atoms with Crippen LogP contribution in [0.2, 0.25) is 0 Å². The number of hydrogen-bond acceptors (Lipinski definition) is 2. The van der Waals surface area contributed by atoms with Gasteiger partial charge >= 0.3 is 0 Å². The molecule has 1 rings (SSSR count). The topological polar surface area (TPSA) is 15.3 Å². The molecule has 2 nitrogen and oxygen atoms in total. The van der Waals surface area contributed by atoms with Gasteiger partial charge in [0.15, 0.2) is 0 Å². The Balaban J connectivity index is 2.37. The molecule has 1 heterocycles.